The van der Waals surface area contributed by atoms with Crippen molar-refractivity contribution in [1.82, 2.24) is 0 Å². The van der Waals surface area contributed by atoms with Crippen molar-refractivity contribution in [1.29, 1.82) is 0 Å². The van der Waals surface area contributed by atoms with Gasteiger partial charge in [-0.1, -0.05) is 0 Å². The Balaban J connectivity index is 4.95. The Morgan fingerprint density at radius 1 is 1.00 bits per heavy atom. The number of rotatable bonds is 6. The molecule has 0 N–H and O–H groups in total. The lowest BCUT2D eigenvalue weighted by Gasteiger charge is -2.30. The Hall–Kier alpha value is 0.0538. The third kappa shape index (κ3) is 8.73. The molecule has 0 aliphatic rings. The van der Waals surface area contributed by atoms with Gasteiger partial charge in [-0.15, -0.1) is 0 Å². The van der Waals surface area contributed by atoms with Gasteiger partial charge in [-0.05, 0) is 39.3 Å². The molecule has 8 heteroatoms. The van der Waals surface area contributed by atoms with Crippen LogP contribution in [-0.4, -0.2) is 35.9 Å². The largest absolute Gasteiger partial charge is 0.469 e. The predicted molar refractivity (Wildman–Crippen MR) is 73.4 cm³/mol. The monoisotopic (exact) mass is 298 g/mol. The van der Waals surface area contributed by atoms with E-state index in [1.54, 1.807) is 0 Å². The summed E-state index contributed by atoms with van der Waals surface area (Å²) >= 11 is 0. The van der Waals surface area contributed by atoms with E-state index in [9.17, 15) is 9.36 Å². The van der Waals surface area contributed by atoms with Gasteiger partial charge in [0.15, 0.2) is 16.6 Å². The lowest BCUT2D eigenvalue weighted by molar-refractivity contribution is -0.137. The van der Waals surface area contributed by atoms with Gasteiger partial charge in [0.05, 0.1) is 7.11 Å². The maximum Gasteiger partial charge on any atom is 0.322 e. The molecule has 17 heavy (non-hydrogen) atoms. The summed E-state index contributed by atoms with van der Waals surface area (Å²) < 4.78 is 28.2. The summed E-state index contributed by atoms with van der Waals surface area (Å²) in [5.74, 6) is -0.565. The maximum absolute atomic E-state index is 12.5. The van der Waals surface area contributed by atoms with E-state index in [1.807, 2.05) is 39.3 Å². The van der Waals surface area contributed by atoms with Gasteiger partial charge in [-0.3, -0.25) is 9.36 Å². The molecule has 0 amide bonds. The second-order valence-electron chi connectivity index (χ2n) is 5.75. The molecule has 0 unspecified atom stereocenters. The van der Waals surface area contributed by atoms with Crippen molar-refractivity contribution >= 4 is 30.2 Å². The predicted octanol–water partition coefficient (Wildman–Crippen LogP) is 3.06. The van der Waals surface area contributed by atoms with E-state index in [0.29, 0.717) is 0 Å². The molecule has 0 radical (unpaired) electrons. The summed E-state index contributed by atoms with van der Waals surface area (Å²) in [7, 11) is -6.22. The summed E-state index contributed by atoms with van der Waals surface area (Å²) in [6.07, 6.45) is -0.308. The molecule has 0 rings (SSSR count). The van der Waals surface area contributed by atoms with Crippen LogP contribution < -0.4 is 0 Å². The fourth-order valence-electron chi connectivity index (χ4n) is 1.14. The normalized spacial score (nSPS) is 13.6. The van der Waals surface area contributed by atoms with E-state index in [4.69, 9.17) is 8.43 Å². The minimum absolute atomic E-state index is 0.308. The third-order valence-corrected chi connectivity index (χ3v) is 8.63. The summed E-state index contributed by atoms with van der Waals surface area (Å²) in [6, 6.07) is 0. The molecule has 5 nitrogen and oxygen atoms in total. The molecule has 0 aromatic rings. The van der Waals surface area contributed by atoms with E-state index in [0.717, 1.165) is 0 Å². The molecule has 0 fully saturated rings. The molecule has 0 aliphatic carbocycles. The molecular weight excluding hydrogens is 275 g/mol. The first kappa shape index (κ1) is 17.1. The van der Waals surface area contributed by atoms with Crippen molar-refractivity contribution in [2.75, 3.05) is 13.3 Å². The van der Waals surface area contributed by atoms with Gasteiger partial charge >= 0.3 is 13.6 Å². The zero-order valence-corrected chi connectivity index (χ0v) is 14.6. The van der Waals surface area contributed by atoms with E-state index in [1.165, 1.54) is 7.11 Å². The Morgan fingerprint density at radius 2 is 1.35 bits per heavy atom. The highest BCUT2D eigenvalue weighted by atomic mass is 31.2. The molecule has 0 bridgehead atoms. The average molecular weight is 298 g/mol. The second-order valence-corrected chi connectivity index (χ2v) is 17.2. The van der Waals surface area contributed by atoms with Crippen LogP contribution >= 0.6 is 7.60 Å². The Bertz CT molecular complexity index is 298. The number of carbonyl (C=O) groups excluding carboxylic acids is 1. The zero-order chi connectivity index (χ0) is 13.9. The van der Waals surface area contributed by atoms with Crippen LogP contribution in [0.4, 0.5) is 0 Å². The van der Waals surface area contributed by atoms with Gasteiger partial charge < -0.3 is 13.2 Å². The fourth-order valence-corrected chi connectivity index (χ4v) is 9.26. The van der Waals surface area contributed by atoms with Crippen molar-refractivity contribution in [3.05, 3.63) is 0 Å². The van der Waals surface area contributed by atoms with E-state index in [-0.39, 0.29) is 6.16 Å². The van der Waals surface area contributed by atoms with Gasteiger partial charge in [-0.2, -0.15) is 0 Å². The smallest absolute Gasteiger partial charge is 0.322 e. The molecule has 0 spiro atoms. The van der Waals surface area contributed by atoms with Crippen LogP contribution in [0.2, 0.25) is 39.3 Å². The Labute approximate surface area is 106 Å². The van der Waals surface area contributed by atoms with Gasteiger partial charge in [0.1, 0.15) is 6.16 Å². The van der Waals surface area contributed by atoms with E-state index in [2.05, 4.69) is 4.74 Å². The quantitative estimate of drug-likeness (QED) is 0.428. The standard InChI is InChI=1S/C9H23O5PSi2/c1-12-9(10)8-15(11,13-16(2,3)4)14-17(5,6)7/h8H2,1-7H3. The van der Waals surface area contributed by atoms with Crippen molar-refractivity contribution in [3.63, 3.8) is 0 Å². The topological polar surface area (TPSA) is 61.8 Å². The van der Waals surface area contributed by atoms with Crippen molar-refractivity contribution < 1.29 is 22.5 Å². The highest BCUT2D eigenvalue weighted by Crippen LogP contribution is 2.52. The second kappa shape index (κ2) is 5.80. The molecule has 102 valence electrons. The lowest BCUT2D eigenvalue weighted by atomic mass is 10.8. The molecule has 0 saturated heterocycles. The fraction of sp³-hybridized carbons (Fsp3) is 0.889. The molecule has 0 aromatic carbocycles. The Kier molecular flexibility index (Phi) is 5.81. The molecular formula is C9H23O5PSi2. The van der Waals surface area contributed by atoms with Crippen LogP contribution in [0.1, 0.15) is 0 Å². The zero-order valence-electron chi connectivity index (χ0n) is 11.7. The summed E-state index contributed by atoms with van der Waals surface area (Å²) in [4.78, 5) is 11.3. The minimum atomic E-state index is -3.39. The van der Waals surface area contributed by atoms with Crippen LogP contribution in [0.25, 0.3) is 0 Å². The molecule has 0 atom stereocenters. The van der Waals surface area contributed by atoms with Crippen molar-refractivity contribution in [3.8, 4) is 0 Å². The van der Waals surface area contributed by atoms with Crippen LogP contribution in [0.3, 0.4) is 0 Å². The first-order chi connectivity index (χ1) is 7.37. The lowest BCUT2D eigenvalue weighted by Crippen LogP contribution is -2.31. The number of hydrogen-bond acceptors (Lipinski definition) is 5. The average Bonchev–Trinajstić information content (AvgIpc) is 1.94. The maximum atomic E-state index is 12.5. The number of ether oxygens (including phenoxy) is 1. The Morgan fingerprint density at radius 3 is 1.59 bits per heavy atom. The highest BCUT2D eigenvalue weighted by Gasteiger charge is 2.38. The minimum Gasteiger partial charge on any atom is -0.469 e. The molecule has 0 saturated carbocycles. The van der Waals surface area contributed by atoms with Crippen LogP contribution in [0.15, 0.2) is 0 Å². The van der Waals surface area contributed by atoms with Crippen LogP contribution in [-0.2, 0) is 22.5 Å². The van der Waals surface area contributed by atoms with Crippen LogP contribution in [0.5, 0.6) is 0 Å². The van der Waals surface area contributed by atoms with Crippen molar-refractivity contribution in [2.24, 2.45) is 0 Å². The summed E-state index contributed by atoms with van der Waals surface area (Å²) in [6.45, 7) is 11.4. The van der Waals surface area contributed by atoms with Gasteiger partial charge in [0.2, 0.25) is 0 Å². The molecule has 0 aliphatic heterocycles. The van der Waals surface area contributed by atoms with Gasteiger partial charge in [0.25, 0.3) is 0 Å². The van der Waals surface area contributed by atoms with Gasteiger partial charge in [-0.25, -0.2) is 0 Å². The highest BCUT2D eigenvalue weighted by molar-refractivity contribution is 7.58. The number of esters is 1. The van der Waals surface area contributed by atoms with E-state index >= 15 is 0 Å². The first-order valence-corrected chi connectivity index (χ1v) is 14.0. The number of methoxy groups -OCH3 is 1. The van der Waals surface area contributed by atoms with Crippen LogP contribution in [0, 0.1) is 0 Å². The molecule has 0 heterocycles. The third-order valence-electron chi connectivity index (χ3n) is 1.38. The SMILES string of the molecule is COC(=O)CP(=O)(O[Si](C)(C)C)O[Si](C)(C)C. The number of hydrogen-bond donors (Lipinski definition) is 0. The number of carbonyl (C=O) groups is 1. The van der Waals surface area contributed by atoms with Gasteiger partial charge in [0, 0.05) is 0 Å². The van der Waals surface area contributed by atoms with Crippen molar-refractivity contribution in [2.45, 2.75) is 39.3 Å². The summed E-state index contributed by atoms with van der Waals surface area (Å²) in [5, 5.41) is 0. The summed E-state index contributed by atoms with van der Waals surface area (Å²) in [5.41, 5.74) is 0. The molecule has 0 aromatic heterocycles. The first-order valence-electron chi connectivity index (χ1n) is 5.44. The van der Waals surface area contributed by atoms with E-state index < -0.39 is 30.2 Å².